The monoisotopic (exact) mass is 452 g/mol. The molecule has 172 valence electrons. The number of amides is 2. The standard InChI is InChI=1S/C21H32N4O5S/c1-3-23(4-2)20(26)17-22-9-11-24(12-10-22)21(27)18-7-5-6-8-19(18)31(28,29)25-13-15-30-16-14-25/h5-8H,3-4,9-17H2,1-2H3. The molecule has 0 spiro atoms. The fourth-order valence-corrected chi connectivity index (χ4v) is 5.53. The molecule has 0 atom stereocenters. The van der Waals surface area contributed by atoms with Gasteiger partial charge in [-0.05, 0) is 26.0 Å². The zero-order valence-electron chi connectivity index (χ0n) is 18.3. The maximum Gasteiger partial charge on any atom is 0.255 e. The van der Waals surface area contributed by atoms with Crippen LogP contribution in [0.25, 0.3) is 0 Å². The van der Waals surface area contributed by atoms with Crippen molar-refractivity contribution < 1.29 is 22.7 Å². The largest absolute Gasteiger partial charge is 0.379 e. The van der Waals surface area contributed by atoms with Crippen LogP contribution in [0.1, 0.15) is 24.2 Å². The Hall–Kier alpha value is -2.01. The van der Waals surface area contributed by atoms with Crippen molar-refractivity contribution in [3.8, 4) is 0 Å². The van der Waals surface area contributed by atoms with Crippen molar-refractivity contribution in [2.75, 3.05) is 72.1 Å². The number of piperazine rings is 1. The van der Waals surface area contributed by atoms with Gasteiger partial charge in [0.05, 0.1) is 30.2 Å². The zero-order chi connectivity index (χ0) is 22.4. The first-order valence-corrected chi connectivity index (χ1v) is 12.3. The van der Waals surface area contributed by atoms with E-state index in [1.165, 1.54) is 10.4 Å². The lowest BCUT2D eigenvalue weighted by Gasteiger charge is -2.35. The van der Waals surface area contributed by atoms with Gasteiger partial charge in [0, 0.05) is 52.4 Å². The molecule has 2 aliphatic heterocycles. The maximum atomic E-state index is 13.2. The average Bonchev–Trinajstić information content (AvgIpc) is 2.80. The van der Waals surface area contributed by atoms with Crippen LogP contribution < -0.4 is 0 Å². The normalized spacial score (nSPS) is 18.7. The van der Waals surface area contributed by atoms with Crippen LogP contribution in [0.4, 0.5) is 0 Å². The van der Waals surface area contributed by atoms with Crippen LogP contribution in [0.2, 0.25) is 0 Å². The molecule has 0 saturated carbocycles. The minimum atomic E-state index is -3.77. The second kappa shape index (κ2) is 10.5. The summed E-state index contributed by atoms with van der Waals surface area (Å²) in [5, 5.41) is 0. The van der Waals surface area contributed by atoms with Crippen molar-refractivity contribution in [3.63, 3.8) is 0 Å². The molecular weight excluding hydrogens is 420 g/mol. The first-order chi connectivity index (χ1) is 14.9. The molecule has 0 unspecified atom stereocenters. The molecule has 0 aromatic heterocycles. The Balaban J connectivity index is 1.67. The van der Waals surface area contributed by atoms with Crippen molar-refractivity contribution in [2.24, 2.45) is 0 Å². The first kappa shape index (κ1) is 23.6. The lowest BCUT2D eigenvalue weighted by atomic mass is 10.2. The summed E-state index contributed by atoms with van der Waals surface area (Å²) in [6.07, 6.45) is 0. The topological polar surface area (TPSA) is 90.5 Å². The van der Waals surface area contributed by atoms with E-state index in [2.05, 4.69) is 0 Å². The summed E-state index contributed by atoms with van der Waals surface area (Å²) in [6.45, 7) is 8.96. The van der Waals surface area contributed by atoms with Gasteiger partial charge < -0.3 is 14.5 Å². The van der Waals surface area contributed by atoms with Gasteiger partial charge in [-0.3, -0.25) is 14.5 Å². The van der Waals surface area contributed by atoms with Gasteiger partial charge in [0.2, 0.25) is 15.9 Å². The third kappa shape index (κ3) is 5.43. The third-order valence-electron chi connectivity index (χ3n) is 5.84. The van der Waals surface area contributed by atoms with Gasteiger partial charge in [0.1, 0.15) is 0 Å². The minimum absolute atomic E-state index is 0.0426. The molecular formula is C21H32N4O5S. The van der Waals surface area contributed by atoms with Crippen molar-refractivity contribution in [2.45, 2.75) is 18.7 Å². The van der Waals surface area contributed by atoms with Gasteiger partial charge in [0.25, 0.3) is 5.91 Å². The van der Waals surface area contributed by atoms with Gasteiger partial charge in [-0.1, -0.05) is 12.1 Å². The predicted molar refractivity (Wildman–Crippen MR) is 116 cm³/mol. The van der Waals surface area contributed by atoms with Gasteiger partial charge in [-0.25, -0.2) is 8.42 Å². The molecule has 9 nitrogen and oxygen atoms in total. The number of hydrogen-bond acceptors (Lipinski definition) is 6. The molecule has 2 fully saturated rings. The molecule has 2 heterocycles. The Bertz CT molecular complexity index is 874. The highest BCUT2D eigenvalue weighted by Crippen LogP contribution is 2.23. The lowest BCUT2D eigenvalue weighted by Crippen LogP contribution is -2.51. The Morgan fingerprint density at radius 3 is 2.19 bits per heavy atom. The van der Waals surface area contributed by atoms with Gasteiger partial charge >= 0.3 is 0 Å². The molecule has 3 rings (SSSR count). The summed E-state index contributed by atoms with van der Waals surface area (Å²) in [5.74, 6) is -0.200. The van der Waals surface area contributed by atoms with Crippen molar-refractivity contribution >= 4 is 21.8 Å². The highest BCUT2D eigenvalue weighted by molar-refractivity contribution is 7.89. The van der Waals surface area contributed by atoms with E-state index in [0.717, 1.165) is 0 Å². The van der Waals surface area contributed by atoms with Gasteiger partial charge in [0.15, 0.2) is 0 Å². The summed E-state index contributed by atoms with van der Waals surface area (Å²) in [6, 6.07) is 6.40. The number of hydrogen-bond donors (Lipinski definition) is 0. The summed E-state index contributed by atoms with van der Waals surface area (Å²) in [5.41, 5.74) is 0.196. The first-order valence-electron chi connectivity index (χ1n) is 10.8. The number of benzene rings is 1. The number of nitrogens with zero attached hydrogens (tertiary/aromatic N) is 4. The molecule has 0 radical (unpaired) electrons. The van der Waals surface area contributed by atoms with E-state index >= 15 is 0 Å². The highest BCUT2D eigenvalue weighted by Gasteiger charge is 2.32. The molecule has 10 heteroatoms. The second-order valence-electron chi connectivity index (χ2n) is 7.65. The van der Waals surface area contributed by atoms with Crippen LogP contribution in [0.3, 0.4) is 0 Å². The Morgan fingerprint density at radius 2 is 1.58 bits per heavy atom. The number of carbonyl (C=O) groups is 2. The minimum Gasteiger partial charge on any atom is -0.379 e. The number of sulfonamides is 1. The van der Waals surface area contributed by atoms with E-state index in [0.29, 0.717) is 59.0 Å². The average molecular weight is 453 g/mol. The number of ether oxygens (including phenoxy) is 1. The van der Waals surface area contributed by atoms with Crippen LogP contribution in [-0.2, 0) is 19.6 Å². The maximum absolute atomic E-state index is 13.2. The van der Waals surface area contributed by atoms with Crippen LogP contribution in [0, 0.1) is 0 Å². The lowest BCUT2D eigenvalue weighted by molar-refractivity contribution is -0.132. The van der Waals surface area contributed by atoms with Crippen LogP contribution in [-0.4, -0.2) is 111 Å². The summed E-state index contributed by atoms with van der Waals surface area (Å²) in [7, 11) is -3.77. The number of likely N-dealkylation sites (N-methyl/N-ethyl adjacent to an activating group) is 1. The molecule has 2 amide bonds. The Labute approximate surface area is 184 Å². The molecule has 0 bridgehead atoms. The summed E-state index contributed by atoms with van der Waals surface area (Å²) < 4.78 is 32.9. The summed E-state index contributed by atoms with van der Waals surface area (Å²) >= 11 is 0. The molecule has 2 saturated heterocycles. The fourth-order valence-electron chi connectivity index (χ4n) is 3.94. The van der Waals surface area contributed by atoms with E-state index in [4.69, 9.17) is 4.74 Å². The third-order valence-corrected chi connectivity index (χ3v) is 7.80. The SMILES string of the molecule is CCN(CC)C(=O)CN1CCN(C(=O)c2ccccc2S(=O)(=O)N2CCOCC2)CC1. The number of rotatable bonds is 7. The second-order valence-corrected chi connectivity index (χ2v) is 9.55. The van der Waals surface area contributed by atoms with Crippen molar-refractivity contribution in [1.82, 2.24) is 19.0 Å². The smallest absolute Gasteiger partial charge is 0.255 e. The number of carbonyl (C=O) groups excluding carboxylic acids is 2. The molecule has 0 N–H and O–H groups in total. The quantitative estimate of drug-likeness (QED) is 0.592. The van der Waals surface area contributed by atoms with E-state index in [-0.39, 0.29) is 35.4 Å². The van der Waals surface area contributed by atoms with Crippen LogP contribution >= 0.6 is 0 Å². The van der Waals surface area contributed by atoms with E-state index in [9.17, 15) is 18.0 Å². The predicted octanol–water partition coefficient (Wildman–Crippen LogP) is 0.334. The van der Waals surface area contributed by atoms with E-state index < -0.39 is 10.0 Å². The Morgan fingerprint density at radius 1 is 0.968 bits per heavy atom. The fraction of sp³-hybridized carbons (Fsp3) is 0.619. The molecule has 1 aromatic carbocycles. The van der Waals surface area contributed by atoms with E-state index in [1.807, 2.05) is 18.7 Å². The van der Waals surface area contributed by atoms with Crippen LogP contribution in [0.5, 0.6) is 0 Å². The number of morpholine rings is 1. The molecule has 2 aliphatic rings. The molecule has 31 heavy (non-hydrogen) atoms. The zero-order valence-corrected chi connectivity index (χ0v) is 19.1. The Kier molecular flexibility index (Phi) is 8.04. The molecule has 0 aliphatic carbocycles. The van der Waals surface area contributed by atoms with E-state index in [1.54, 1.807) is 28.0 Å². The summed E-state index contributed by atoms with van der Waals surface area (Å²) in [4.78, 5) is 31.1. The molecule has 1 aromatic rings. The van der Waals surface area contributed by atoms with Gasteiger partial charge in [-0.15, -0.1) is 0 Å². The van der Waals surface area contributed by atoms with Crippen LogP contribution in [0.15, 0.2) is 29.2 Å². The highest BCUT2D eigenvalue weighted by atomic mass is 32.2. The van der Waals surface area contributed by atoms with Gasteiger partial charge in [-0.2, -0.15) is 4.31 Å². The van der Waals surface area contributed by atoms with Crippen molar-refractivity contribution in [3.05, 3.63) is 29.8 Å². The van der Waals surface area contributed by atoms with Crippen molar-refractivity contribution in [1.29, 1.82) is 0 Å².